The van der Waals surface area contributed by atoms with E-state index in [1.165, 1.54) is 0 Å². The lowest BCUT2D eigenvalue weighted by Crippen LogP contribution is -2.42. The summed E-state index contributed by atoms with van der Waals surface area (Å²) in [7, 11) is 1.68. The highest BCUT2D eigenvalue weighted by molar-refractivity contribution is 5.79. The zero-order valence-electron chi connectivity index (χ0n) is 17.5. The van der Waals surface area contributed by atoms with E-state index in [1.54, 1.807) is 7.11 Å². The molecule has 0 bridgehead atoms. The summed E-state index contributed by atoms with van der Waals surface area (Å²) < 4.78 is 21.9. The highest BCUT2D eigenvalue weighted by Gasteiger charge is 2.25. The summed E-state index contributed by atoms with van der Waals surface area (Å²) in [5.74, 6) is 2.71. The minimum Gasteiger partial charge on any atom is -0.465 e. The van der Waals surface area contributed by atoms with E-state index in [-0.39, 0.29) is 6.04 Å². The second-order valence-electron chi connectivity index (χ2n) is 6.72. The molecule has 1 fully saturated rings. The van der Waals surface area contributed by atoms with Gasteiger partial charge in [0.05, 0.1) is 39.0 Å². The first-order chi connectivity index (χ1) is 13.7. The van der Waals surface area contributed by atoms with Gasteiger partial charge in [0.2, 0.25) is 0 Å². The third-order valence-electron chi connectivity index (χ3n) is 4.53. The van der Waals surface area contributed by atoms with Crippen LogP contribution in [0, 0.1) is 6.92 Å². The van der Waals surface area contributed by atoms with E-state index in [0.29, 0.717) is 26.4 Å². The molecule has 2 heterocycles. The summed E-state index contributed by atoms with van der Waals surface area (Å²) >= 11 is 0. The smallest absolute Gasteiger partial charge is 0.191 e. The predicted molar refractivity (Wildman–Crippen MR) is 110 cm³/mol. The van der Waals surface area contributed by atoms with Crippen molar-refractivity contribution in [2.24, 2.45) is 4.99 Å². The summed E-state index contributed by atoms with van der Waals surface area (Å²) in [5, 5.41) is 6.69. The molecule has 1 aliphatic heterocycles. The van der Waals surface area contributed by atoms with Crippen LogP contribution in [0.5, 0.6) is 0 Å². The third-order valence-corrected chi connectivity index (χ3v) is 4.53. The number of ether oxygens (including phenoxy) is 3. The van der Waals surface area contributed by atoms with Crippen molar-refractivity contribution >= 4 is 5.96 Å². The van der Waals surface area contributed by atoms with Gasteiger partial charge in [-0.3, -0.25) is 9.89 Å². The number of furan rings is 1. The third kappa shape index (κ3) is 8.18. The lowest BCUT2D eigenvalue weighted by atomic mass is 10.1. The number of hydrogen-bond acceptors (Lipinski definition) is 6. The molecule has 0 radical (unpaired) electrons. The quantitative estimate of drug-likeness (QED) is 0.315. The van der Waals surface area contributed by atoms with Crippen LogP contribution < -0.4 is 10.6 Å². The highest BCUT2D eigenvalue weighted by atomic mass is 16.5. The lowest BCUT2D eigenvalue weighted by Gasteiger charge is -2.32. The maximum atomic E-state index is 5.92. The summed E-state index contributed by atoms with van der Waals surface area (Å²) in [6.07, 6.45) is 0.915. The molecule has 160 valence electrons. The number of morpholine rings is 1. The number of aliphatic imine (C=N–C) groups is 1. The molecule has 1 unspecified atom stereocenters. The maximum Gasteiger partial charge on any atom is 0.191 e. The molecule has 8 nitrogen and oxygen atoms in total. The van der Waals surface area contributed by atoms with Crippen molar-refractivity contribution in [1.82, 2.24) is 15.5 Å². The van der Waals surface area contributed by atoms with Crippen LogP contribution in [-0.4, -0.2) is 83.7 Å². The van der Waals surface area contributed by atoms with Gasteiger partial charge in [-0.1, -0.05) is 0 Å². The fourth-order valence-corrected chi connectivity index (χ4v) is 3.05. The van der Waals surface area contributed by atoms with Gasteiger partial charge in [-0.05, 0) is 32.4 Å². The normalized spacial score (nSPS) is 16.9. The average Bonchev–Trinajstić information content (AvgIpc) is 3.14. The summed E-state index contributed by atoms with van der Waals surface area (Å²) in [6, 6.07) is 4.19. The van der Waals surface area contributed by atoms with Crippen LogP contribution in [0.1, 0.15) is 30.9 Å². The second-order valence-corrected chi connectivity index (χ2v) is 6.72. The van der Waals surface area contributed by atoms with Crippen molar-refractivity contribution < 1.29 is 18.6 Å². The number of nitrogens with zero attached hydrogens (tertiary/aromatic N) is 2. The molecule has 1 aromatic rings. The molecule has 2 N–H and O–H groups in total. The van der Waals surface area contributed by atoms with E-state index < -0.39 is 0 Å². The van der Waals surface area contributed by atoms with Crippen LogP contribution in [-0.2, 0) is 14.2 Å². The molecule has 2 rings (SSSR count). The van der Waals surface area contributed by atoms with E-state index in [2.05, 4.69) is 28.5 Å². The van der Waals surface area contributed by atoms with Gasteiger partial charge in [-0.15, -0.1) is 0 Å². The van der Waals surface area contributed by atoms with Crippen molar-refractivity contribution in [1.29, 1.82) is 0 Å². The first-order valence-corrected chi connectivity index (χ1v) is 10.2. The largest absolute Gasteiger partial charge is 0.465 e. The Balaban J connectivity index is 1.88. The summed E-state index contributed by atoms with van der Waals surface area (Å²) in [6.45, 7) is 11.6. The van der Waals surface area contributed by atoms with Gasteiger partial charge in [-0.25, -0.2) is 0 Å². The SMILES string of the molecule is CCNC(=NCC(c1ccc(C)o1)N1CCOCC1)NCCCOCCOC. The monoisotopic (exact) mass is 396 g/mol. The van der Waals surface area contributed by atoms with E-state index in [4.69, 9.17) is 23.6 Å². The molecule has 1 atom stereocenters. The number of methoxy groups -OCH3 is 1. The fourth-order valence-electron chi connectivity index (χ4n) is 3.05. The Morgan fingerprint density at radius 1 is 1.21 bits per heavy atom. The molecule has 8 heteroatoms. The second kappa shape index (κ2) is 13.5. The van der Waals surface area contributed by atoms with Crippen LogP contribution in [0.2, 0.25) is 0 Å². The van der Waals surface area contributed by atoms with Gasteiger partial charge in [0, 0.05) is 39.9 Å². The van der Waals surface area contributed by atoms with Crippen molar-refractivity contribution in [3.05, 3.63) is 23.7 Å². The first-order valence-electron chi connectivity index (χ1n) is 10.2. The molecule has 0 amide bonds. The number of aryl methyl sites for hydroxylation is 1. The predicted octanol–water partition coefficient (Wildman–Crippen LogP) is 1.57. The summed E-state index contributed by atoms with van der Waals surface area (Å²) in [4.78, 5) is 7.20. The molecule has 1 aliphatic rings. The zero-order valence-corrected chi connectivity index (χ0v) is 17.5. The minimum atomic E-state index is 0.116. The molecule has 1 aromatic heterocycles. The number of guanidine groups is 1. The highest BCUT2D eigenvalue weighted by Crippen LogP contribution is 2.24. The van der Waals surface area contributed by atoms with E-state index >= 15 is 0 Å². The zero-order chi connectivity index (χ0) is 20.0. The van der Waals surface area contributed by atoms with Crippen LogP contribution >= 0.6 is 0 Å². The standard InChI is InChI=1S/C20H36N4O4/c1-4-21-20(22-8-5-11-26-15-14-25-3)23-16-18(19-7-6-17(2)28-19)24-9-12-27-13-10-24/h6-7,18H,4-5,8-16H2,1-3H3,(H2,21,22,23). The lowest BCUT2D eigenvalue weighted by molar-refractivity contribution is 0.0135. The Labute approximate surface area is 168 Å². The number of nitrogens with one attached hydrogen (secondary N) is 2. The minimum absolute atomic E-state index is 0.116. The Hall–Kier alpha value is -1.61. The number of hydrogen-bond donors (Lipinski definition) is 2. The van der Waals surface area contributed by atoms with Crippen LogP contribution in [0.3, 0.4) is 0 Å². The van der Waals surface area contributed by atoms with E-state index in [0.717, 1.165) is 63.3 Å². The van der Waals surface area contributed by atoms with Crippen molar-refractivity contribution in [2.45, 2.75) is 26.3 Å². The number of rotatable bonds is 12. The van der Waals surface area contributed by atoms with Gasteiger partial charge in [0.25, 0.3) is 0 Å². The average molecular weight is 397 g/mol. The van der Waals surface area contributed by atoms with Crippen molar-refractivity contribution in [2.75, 3.05) is 72.9 Å². The van der Waals surface area contributed by atoms with Gasteiger partial charge in [0.15, 0.2) is 5.96 Å². The van der Waals surface area contributed by atoms with Crippen LogP contribution in [0.15, 0.2) is 21.5 Å². The maximum absolute atomic E-state index is 5.92. The van der Waals surface area contributed by atoms with E-state index in [1.807, 2.05) is 13.0 Å². The van der Waals surface area contributed by atoms with E-state index in [9.17, 15) is 0 Å². The molecule has 0 aliphatic carbocycles. The molecular formula is C20H36N4O4. The Morgan fingerprint density at radius 2 is 2.04 bits per heavy atom. The first kappa shape index (κ1) is 22.7. The molecule has 1 saturated heterocycles. The molecular weight excluding hydrogens is 360 g/mol. The topological polar surface area (TPSA) is 80.5 Å². The van der Waals surface area contributed by atoms with Crippen molar-refractivity contribution in [3.8, 4) is 0 Å². The van der Waals surface area contributed by atoms with Crippen LogP contribution in [0.4, 0.5) is 0 Å². The van der Waals surface area contributed by atoms with Gasteiger partial charge in [-0.2, -0.15) is 0 Å². The molecule has 28 heavy (non-hydrogen) atoms. The summed E-state index contributed by atoms with van der Waals surface area (Å²) in [5.41, 5.74) is 0. The molecule has 0 spiro atoms. The Bertz CT molecular complexity index is 558. The van der Waals surface area contributed by atoms with Gasteiger partial charge >= 0.3 is 0 Å². The van der Waals surface area contributed by atoms with Crippen LogP contribution in [0.25, 0.3) is 0 Å². The Kier molecular flexibility index (Phi) is 11.0. The van der Waals surface area contributed by atoms with Gasteiger partial charge in [0.1, 0.15) is 11.5 Å². The fraction of sp³-hybridized carbons (Fsp3) is 0.750. The van der Waals surface area contributed by atoms with Gasteiger partial charge < -0.3 is 29.3 Å². The van der Waals surface area contributed by atoms with Crippen molar-refractivity contribution in [3.63, 3.8) is 0 Å². The molecule has 0 saturated carbocycles. The Morgan fingerprint density at radius 3 is 2.71 bits per heavy atom. The molecule has 0 aromatic carbocycles.